The summed E-state index contributed by atoms with van der Waals surface area (Å²) in [5, 5.41) is 8.03. The van der Waals surface area contributed by atoms with Gasteiger partial charge in [0.05, 0.1) is 18.4 Å². The second-order valence-electron chi connectivity index (χ2n) is 5.57. The molecule has 134 valence electrons. The van der Waals surface area contributed by atoms with Gasteiger partial charge in [0.15, 0.2) is 5.69 Å². The summed E-state index contributed by atoms with van der Waals surface area (Å²) in [5.41, 5.74) is 0.483. The molecule has 0 aliphatic heterocycles. The van der Waals surface area contributed by atoms with E-state index in [9.17, 15) is 9.18 Å². The molecule has 2 heterocycles. The van der Waals surface area contributed by atoms with Crippen molar-refractivity contribution in [2.24, 2.45) is 0 Å². The van der Waals surface area contributed by atoms with Gasteiger partial charge >= 0.3 is 0 Å². The first-order chi connectivity index (χ1) is 13.2. The second-order valence-corrected chi connectivity index (χ2v) is 5.57. The van der Waals surface area contributed by atoms with E-state index in [-0.39, 0.29) is 28.4 Å². The number of nitrogens with zero attached hydrogens (tertiary/aromatic N) is 4. The minimum Gasteiger partial charge on any atom is -0.497 e. The van der Waals surface area contributed by atoms with Gasteiger partial charge in [-0.2, -0.15) is 10.1 Å². The van der Waals surface area contributed by atoms with Crippen molar-refractivity contribution in [1.29, 1.82) is 0 Å². The summed E-state index contributed by atoms with van der Waals surface area (Å²) in [6.07, 6.45) is 1.53. The Hall–Kier alpha value is -3.81. The van der Waals surface area contributed by atoms with Crippen LogP contribution in [0, 0.1) is 5.82 Å². The Morgan fingerprint density at radius 3 is 2.59 bits per heavy atom. The van der Waals surface area contributed by atoms with E-state index in [1.165, 1.54) is 29.1 Å². The number of rotatable bonds is 4. The van der Waals surface area contributed by atoms with Crippen LogP contribution in [0.1, 0.15) is 0 Å². The summed E-state index contributed by atoms with van der Waals surface area (Å²) in [6, 6.07) is 14.5. The van der Waals surface area contributed by atoms with Crippen LogP contribution in [0.4, 0.5) is 4.39 Å². The van der Waals surface area contributed by atoms with Gasteiger partial charge in [0, 0.05) is 12.3 Å². The molecule has 0 N–H and O–H groups in total. The molecule has 0 spiro atoms. The monoisotopic (exact) mass is 364 g/mol. The standard InChI is InChI=1S/C19H13FN4O3/c1-26-13-8-6-12(7-9-13)24-11-10-16(25)17(22-24)19-21-18(23-27-19)14-4-2-3-5-15(14)20/h2-11H,1H3. The number of hydrogen-bond acceptors (Lipinski definition) is 6. The van der Waals surface area contributed by atoms with Gasteiger partial charge < -0.3 is 9.26 Å². The third-order valence-corrected chi connectivity index (χ3v) is 3.89. The van der Waals surface area contributed by atoms with Crippen LogP contribution in [-0.4, -0.2) is 27.0 Å². The molecule has 0 amide bonds. The maximum atomic E-state index is 13.9. The van der Waals surface area contributed by atoms with E-state index in [2.05, 4.69) is 15.2 Å². The molecule has 0 aliphatic rings. The van der Waals surface area contributed by atoms with E-state index < -0.39 is 5.82 Å². The average molecular weight is 364 g/mol. The lowest BCUT2D eigenvalue weighted by Crippen LogP contribution is -2.12. The van der Waals surface area contributed by atoms with Gasteiger partial charge in [-0.15, -0.1) is 0 Å². The first-order valence-electron chi connectivity index (χ1n) is 7.99. The first kappa shape index (κ1) is 16.6. The van der Waals surface area contributed by atoms with Crippen molar-refractivity contribution in [3.05, 3.63) is 76.8 Å². The average Bonchev–Trinajstić information content (AvgIpc) is 3.18. The highest BCUT2D eigenvalue weighted by atomic mass is 19.1. The second kappa shape index (κ2) is 6.83. The summed E-state index contributed by atoms with van der Waals surface area (Å²) in [4.78, 5) is 16.3. The van der Waals surface area contributed by atoms with Crippen LogP contribution in [0.3, 0.4) is 0 Å². The Labute approximate surface area is 152 Å². The van der Waals surface area contributed by atoms with Gasteiger partial charge in [0.2, 0.25) is 11.3 Å². The number of hydrogen-bond donors (Lipinski definition) is 0. The number of ether oxygens (including phenoxy) is 1. The summed E-state index contributed by atoms with van der Waals surface area (Å²) in [6.45, 7) is 0. The molecule has 0 saturated heterocycles. The molecule has 0 unspecified atom stereocenters. The third kappa shape index (κ3) is 3.20. The van der Waals surface area contributed by atoms with Crippen molar-refractivity contribution in [3.8, 4) is 34.4 Å². The van der Waals surface area contributed by atoms with Crippen molar-refractivity contribution in [2.75, 3.05) is 7.11 Å². The van der Waals surface area contributed by atoms with E-state index in [0.717, 1.165) is 0 Å². The molecule has 4 rings (SSSR count). The molecule has 7 nitrogen and oxygen atoms in total. The molecule has 8 heteroatoms. The molecule has 0 aliphatic carbocycles. The lowest BCUT2D eigenvalue weighted by Gasteiger charge is -2.06. The summed E-state index contributed by atoms with van der Waals surface area (Å²) in [5.74, 6) is 0.179. The Morgan fingerprint density at radius 1 is 1.07 bits per heavy atom. The number of methoxy groups -OCH3 is 1. The van der Waals surface area contributed by atoms with Gasteiger partial charge in [0.1, 0.15) is 11.6 Å². The highest BCUT2D eigenvalue weighted by Crippen LogP contribution is 2.22. The fraction of sp³-hybridized carbons (Fsp3) is 0.0526. The van der Waals surface area contributed by atoms with Gasteiger partial charge in [0.25, 0.3) is 5.89 Å². The van der Waals surface area contributed by atoms with Crippen molar-refractivity contribution < 1.29 is 13.7 Å². The fourth-order valence-corrected chi connectivity index (χ4v) is 2.51. The lowest BCUT2D eigenvalue weighted by molar-refractivity contribution is 0.414. The van der Waals surface area contributed by atoms with Gasteiger partial charge in [-0.05, 0) is 36.4 Å². The van der Waals surface area contributed by atoms with Crippen LogP contribution in [0.2, 0.25) is 0 Å². The summed E-state index contributed by atoms with van der Waals surface area (Å²) < 4.78 is 25.7. The van der Waals surface area contributed by atoms with E-state index >= 15 is 0 Å². The quantitative estimate of drug-likeness (QED) is 0.553. The Balaban J connectivity index is 1.74. The number of halogens is 1. The zero-order valence-corrected chi connectivity index (χ0v) is 14.2. The number of aromatic nitrogens is 4. The molecule has 0 saturated carbocycles. The van der Waals surface area contributed by atoms with Crippen LogP contribution < -0.4 is 10.2 Å². The maximum Gasteiger partial charge on any atom is 0.282 e. The van der Waals surface area contributed by atoms with Crippen molar-refractivity contribution >= 4 is 0 Å². The van der Waals surface area contributed by atoms with Gasteiger partial charge in [-0.1, -0.05) is 17.3 Å². The normalized spacial score (nSPS) is 10.7. The van der Waals surface area contributed by atoms with Crippen molar-refractivity contribution in [3.63, 3.8) is 0 Å². The van der Waals surface area contributed by atoms with Crippen LogP contribution in [0.25, 0.3) is 28.7 Å². The van der Waals surface area contributed by atoms with E-state index in [1.807, 2.05) is 0 Å². The predicted octanol–water partition coefficient (Wildman–Crippen LogP) is 3.10. The van der Waals surface area contributed by atoms with E-state index in [1.54, 1.807) is 43.5 Å². The largest absolute Gasteiger partial charge is 0.497 e. The maximum absolute atomic E-state index is 13.9. The van der Waals surface area contributed by atoms with Crippen molar-refractivity contribution in [1.82, 2.24) is 19.9 Å². The Kier molecular flexibility index (Phi) is 4.21. The molecular formula is C19H13FN4O3. The zero-order chi connectivity index (χ0) is 18.8. The number of benzene rings is 2. The molecule has 4 aromatic rings. The molecule has 0 atom stereocenters. The molecular weight excluding hydrogens is 351 g/mol. The Morgan fingerprint density at radius 2 is 1.85 bits per heavy atom. The van der Waals surface area contributed by atoms with E-state index in [4.69, 9.17) is 9.26 Å². The fourth-order valence-electron chi connectivity index (χ4n) is 2.51. The van der Waals surface area contributed by atoms with Crippen LogP contribution >= 0.6 is 0 Å². The van der Waals surface area contributed by atoms with Crippen LogP contribution in [-0.2, 0) is 0 Å². The minimum absolute atomic E-state index is 0.0246. The highest BCUT2D eigenvalue weighted by molar-refractivity contribution is 5.58. The van der Waals surface area contributed by atoms with E-state index in [0.29, 0.717) is 11.4 Å². The molecule has 0 fully saturated rings. The predicted molar refractivity (Wildman–Crippen MR) is 95.1 cm³/mol. The Bertz CT molecular complexity index is 1150. The molecule has 0 bridgehead atoms. The van der Waals surface area contributed by atoms with Crippen molar-refractivity contribution in [2.45, 2.75) is 0 Å². The lowest BCUT2D eigenvalue weighted by atomic mass is 10.2. The van der Waals surface area contributed by atoms with Crippen LogP contribution in [0.5, 0.6) is 5.75 Å². The summed E-state index contributed by atoms with van der Waals surface area (Å²) >= 11 is 0. The molecule has 27 heavy (non-hydrogen) atoms. The highest BCUT2D eigenvalue weighted by Gasteiger charge is 2.17. The third-order valence-electron chi connectivity index (χ3n) is 3.89. The smallest absolute Gasteiger partial charge is 0.282 e. The minimum atomic E-state index is -0.485. The summed E-state index contributed by atoms with van der Waals surface area (Å²) in [7, 11) is 1.58. The van der Waals surface area contributed by atoms with Crippen LogP contribution in [0.15, 0.2) is 70.1 Å². The molecule has 2 aromatic carbocycles. The molecule has 0 radical (unpaired) electrons. The SMILES string of the molecule is COc1ccc(-n2ccc(=O)c(-c3nc(-c4ccccc4F)no3)n2)cc1. The molecule has 2 aromatic heterocycles. The van der Waals surface area contributed by atoms with Gasteiger partial charge in [-0.25, -0.2) is 9.07 Å². The van der Waals surface area contributed by atoms with Gasteiger partial charge in [-0.3, -0.25) is 4.79 Å². The zero-order valence-electron chi connectivity index (χ0n) is 14.2. The first-order valence-corrected chi connectivity index (χ1v) is 7.99. The topological polar surface area (TPSA) is 83.0 Å².